The molecule has 0 aliphatic carbocycles. The molecular formula is C15H23N3O. The summed E-state index contributed by atoms with van der Waals surface area (Å²) in [5.74, 6) is 0.160. The van der Waals surface area contributed by atoms with E-state index in [1.54, 1.807) is 0 Å². The van der Waals surface area contributed by atoms with E-state index in [0.717, 1.165) is 38.0 Å². The number of hydrogen-bond donors (Lipinski definition) is 3. The van der Waals surface area contributed by atoms with Crippen molar-refractivity contribution in [2.45, 2.75) is 31.3 Å². The van der Waals surface area contributed by atoms with Gasteiger partial charge in [-0.3, -0.25) is 5.41 Å². The van der Waals surface area contributed by atoms with Crippen molar-refractivity contribution in [3.63, 3.8) is 0 Å². The van der Waals surface area contributed by atoms with Gasteiger partial charge < -0.3 is 15.7 Å². The third kappa shape index (κ3) is 3.78. The highest BCUT2D eigenvalue weighted by atomic mass is 16.3. The summed E-state index contributed by atoms with van der Waals surface area (Å²) in [5, 5.41) is 17.7. The molecule has 4 N–H and O–H groups in total. The van der Waals surface area contributed by atoms with E-state index in [-0.39, 0.29) is 11.8 Å². The van der Waals surface area contributed by atoms with Gasteiger partial charge in [0.2, 0.25) is 0 Å². The van der Waals surface area contributed by atoms with Crippen LogP contribution < -0.4 is 5.73 Å². The number of hydrogen-bond acceptors (Lipinski definition) is 3. The quantitative estimate of drug-likeness (QED) is 0.569. The fraction of sp³-hybridized carbons (Fsp3) is 0.533. The van der Waals surface area contributed by atoms with Crippen LogP contribution in [-0.2, 0) is 0 Å². The van der Waals surface area contributed by atoms with Crippen LogP contribution in [-0.4, -0.2) is 41.1 Å². The molecule has 4 nitrogen and oxygen atoms in total. The Balaban J connectivity index is 2.01. The number of amidine groups is 1. The van der Waals surface area contributed by atoms with Crippen molar-refractivity contribution in [2.75, 3.05) is 19.6 Å². The Kier molecular flexibility index (Phi) is 4.22. The van der Waals surface area contributed by atoms with E-state index in [9.17, 15) is 5.11 Å². The van der Waals surface area contributed by atoms with E-state index in [2.05, 4.69) is 4.90 Å². The van der Waals surface area contributed by atoms with E-state index in [4.69, 9.17) is 11.1 Å². The van der Waals surface area contributed by atoms with E-state index in [1.165, 1.54) is 0 Å². The monoisotopic (exact) mass is 261 g/mol. The molecule has 0 spiro atoms. The maximum absolute atomic E-state index is 9.96. The second kappa shape index (κ2) is 5.72. The summed E-state index contributed by atoms with van der Waals surface area (Å²) in [6, 6.07) is 9.97. The molecule has 1 saturated heterocycles. The van der Waals surface area contributed by atoms with Gasteiger partial charge in [-0.15, -0.1) is 0 Å². The number of benzene rings is 1. The molecule has 1 aliphatic heterocycles. The van der Waals surface area contributed by atoms with Gasteiger partial charge in [0.1, 0.15) is 0 Å². The molecule has 19 heavy (non-hydrogen) atoms. The standard InChI is InChI=1S/C15H23N3O/c1-15(19)7-9-18(10-8-15)11-13(14(16)17)12-5-3-2-4-6-12/h2-6,13,19H,7-11H2,1H3,(H3,16,17). The zero-order valence-electron chi connectivity index (χ0n) is 11.5. The first-order valence-corrected chi connectivity index (χ1v) is 6.81. The minimum atomic E-state index is -0.533. The van der Waals surface area contributed by atoms with E-state index in [1.807, 2.05) is 37.3 Å². The molecule has 0 aromatic heterocycles. The van der Waals surface area contributed by atoms with Crippen molar-refractivity contribution in [3.05, 3.63) is 35.9 Å². The van der Waals surface area contributed by atoms with Crippen LogP contribution in [0.25, 0.3) is 0 Å². The van der Waals surface area contributed by atoms with Gasteiger partial charge in [-0.2, -0.15) is 0 Å². The van der Waals surface area contributed by atoms with Crippen LogP contribution in [0.3, 0.4) is 0 Å². The molecule has 1 aliphatic rings. The summed E-state index contributed by atoms with van der Waals surface area (Å²) in [7, 11) is 0. The molecule has 104 valence electrons. The Morgan fingerprint density at radius 3 is 2.47 bits per heavy atom. The Morgan fingerprint density at radius 1 is 1.37 bits per heavy atom. The average molecular weight is 261 g/mol. The summed E-state index contributed by atoms with van der Waals surface area (Å²) in [6.45, 7) is 4.38. The zero-order chi connectivity index (χ0) is 13.9. The summed E-state index contributed by atoms with van der Waals surface area (Å²) in [6.07, 6.45) is 1.57. The molecule has 0 saturated carbocycles. The van der Waals surface area contributed by atoms with Crippen LogP contribution in [0.5, 0.6) is 0 Å². The molecule has 0 radical (unpaired) electrons. The van der Waals surface area contributed by atoms with E-state index < -0.39 is 5.60 Å². The number of rotatable bonds is 4. The highest BCUT2D eigenvalue weighted by Gasteiger charge is 2.29. The van der Waals surface area contributed by atoms with Crippen molar-refractivity contribution in [3.8, 4) is 0 Å². The first kappa shape index (κ1) is 14.0. The Bertz CT molecular complexity index is 420. The third-order valence-electron chi connectivity index (χ3n) is 3.95. The van der Waals surface area contributed by atoms with Gasteiger partial charge in [0.15, 0.2) is 0 Å². The number of nitrogens with two attached hydrogens (primary N) is 1. The third-order valence-corrected chi connectivity index (χ3v) is 3.95. The molecule has 0 bridgehead atoms. The smallest absolute Gasteiger partial charge is 0.0995 e. The molecule has 1 fully saturated rings. The fourth-order valence-electron chi connectivity index (χ4n) is 2.54. The number of likely N-dealkylation sites (tertiary alicyclic amines) is 1. The zero-order valence-corrected chi connectivity index (χ0v) is 11.5. The Labute approximate surface area is 114 Å². The minimum Gasteiger partial charge on any atom is -0.390 e. The van der Waals surface area contributed by atoms with E-state index in [0.29, 0.717) is 0 Å². The lowest BCUT2D eigenvalue weighted by molar-refractivity contribution is -0.00545. The maximum atomic E-state index is 9.96. The lowest BCUT2D eigenvalue weighted by atomic mass is 9.91. The summed E-state index contributed by atoms with van der Waals surface area (Å²) >= 11 is 0. The summed E-state index contributed by atoms with van der Waals surface area (Å²) < 4.78 is 0. The van der Waals surface area contributed by atoms with E-state index >= 15 is 0 Å². The SMILES string of the molecule is CC1(O)CCN(CC(C(=N)N)c2ccccc2)CC1. The maximum Gasteiger partial charge on any atom is 0.0995 e. The molecule has 2 rings (SSSR count). The van der Waals surface area contributed by atoms with Gasteiger partial charge in [-0.05, 0) is 25.3 Å². The van der Waals surface area contributed by atoms with Crippen LogP contribution in [0.2, 0.25) is 0 Å². The lowest BCUT2D eigenvalue weighted by Crippen LogP contribution is -2.45. The molecule has 1 aromatic rings. The van der Waals surface area contributed by atoms with Crippen molar-refractivity contribution in [2.24, 2.45) is 5.73 Å². The number of piperidine rings is 1. The second-order valence-electron chi connectivity index (χ2n) is 5.72. The van der Waals surface area contributed by atoms with Gasteiger partial charge >= 0.3 is 0 Å². The van der Waals surface area contributed by atoms with Crippen molar-refractivity contribution in [1.82, 2.24) is 4.90 Å². The van der Waals surface area contributed by atoms with Crippen LogP contribution >= 0.6 is 0 Å². The van der Waals surface area contributed by atoms with Crippen LogP contribution in [0.4, 0.5) is 0 Å². The molecule has 0 amide bonds. The van der Waals surface area contributed by atoms with Gasteiger partial charge in [-0.1, -0.05) is 30.3 Å². The molecular weight excluding hydrogens is 238 g/mol. The highest BCUT2D eigenvalue weighted by molar-refractivity contribution is 5.84. The van der Waals surface area contributed by atoms with Gasteiger partial charge in [0, 0.05) is 19.6 Å². The topological polar surface area (TPSA) is 73.3 Å². The van der Waals surface area contributed by atoms with Crippen molar-refractivity contribution >= 4 is 5.84 Å². The van der Waals surface area contributed by atoms with Crippen LogP contribution in [0.1, 0.15) is 31.2 Å². The fourth-order valence-corrected chi connectivity index (χ4v) is 2.54. The largest absolute Gasteiger partial charge is 0.390 e. The number of aliphatic hydroxyl groups is 1. The van der Waals surface area contributed by atoms with Gasteiger partial charge in [-0.25, -0.2) is 0 Å². The van der Waals surface area contributed by atoms with Crippen LogP contribution in [0, 0.1) is 5.41 Å². The predicted octanol–water partition coefficient (Wildman–Crippen LogP) is 1.55. The van der Waals surface area contributed by atoms with Crippen molar-refractivity contribution in [1.29, 1.82) is 5.41 Å². The number of nitrogens with zero attached hydrogens (tertiary/aromatic N) is 1. The molecule has 1 atom stereocenters. The first-order valence-electron chi connectivity index (χ1n) is 6.81. The Morgan fingerprint density at radius 2 is 1.95 bits per heavy atom. The normalized spacial score (nSPS) is 20.9. The molecule has 1 unspecified atom stereocenters. The average Bonchev–Trinajstić information content (AvgIpc) is 2.38. The minimum absolute atomic E-state index is 0.0516. The van der Waals surface area contributed by atoms with Gasteiger partial charge in [0.05, 0.1) is 17.4 Å². The first-order chi connectivity index (χ1) is 8.98. The molecule has 4 heteroatoms. The molecule has 1 aromatic carbocycles. The molecule has 1 heterocycles. The second-order valence-corrected chi connectivity index (χ2v) is 5.72. The lowest BCUT2D eigenvalue weighted by Gasteiger charge is -2.37. The van der Waals surface area contributed by atoms with Crippen molar-refractivity contribution < 1.29 is 5.11 Å². The Hall–Kier alpha value is -1.39. The van der Waals surface area contributed by atoms with Gasteiger partial charge in [0.25, 0.3) is 0 Å². The summed E-state index contributed by atoms with van der Waals surface area (Å²) in [4.78, 5) is 2.29. The summed E-state index contributed by atoms with van der Waals surface area (Å²) in [5.41, 5.74) is 6.30. The number of nitrogens with one attached hydrogen (secondary N) is 1. The van der Waals surface area contributed by atoms with Crippen LogP contribution in [0.15, 0.2) is 30.3 Å². The highest BCUT2D eigenvalue weighted by Crippen LogP contribution is 2.24. The predicted molar refractivity (Wildman–Crippen MR) is 77.4 cm³/mol.